The van der Waals surface area contributed by atoms with E-state index in [1.807, 2.05) is 0 Å². The molecule has 0 unspecified atom stereocenters. The van der Waals surface area contributed by atoms with E-state index in [-0.39, 0.29) is 35.8 Å². The van der Waals surface area contributed by atoms with E-state index in [0.717, 1.165) is 5.56 Å². The number of benzene rings is 1. The largest absolute Gasteiger partial charge is 0.478 e. The normalized spacial score (nSPS) is 10.5. The molecule has 0 spiro atoms. The van der Waals surface area contributed by atoms with Crippen LogP contribution in [0.15, 0.2) is 41.2 Å². The van der Waals surface area contributed by atoms with E-state index in [0.29, 0.717) is 6.61 Å². The Balaban J connectivity index is 2.11. The Bertz CT molecular complexity index is 814. The van der Waals surface area contributed by atoms with Gasteiger partial charge in [-0.3, -0.25) is 9.59 Å². The molecular formula is C17H19N3O5. The predicted molar refractivity (Wildman–Crippen MR) is 89.6 cm³/mol. The topological polar surface area (TPSA) is 102 Å². The van der Waals surface area contributed by atoms with Crippen LogP contribution < -0.4 is 5.56 Å². The molecule has 25 heavy (non-hydrogen) atoms. The highest BCUT2D eigenvalue weighted by molar-refractivity contribution is 5.92. The lowest BCUT2D eigenvalue weighted by Gasteiger charge is -2.17. The van der Waals surface area contributed by atoms with Crippen molar-refractivity contribution in [2.45, 2.75) is 13.1 Å². The fourth-order valence-electron chi connectivity index (χ4n) is 2.19. The molecule has 0 bridgehead atoms. The molecule has 8 heteroatoms. The van der Waals surface area contributed by atoms with E-state index in [1.54, 1.807) is 19.2 Å². The molecule has 0 aliphatic carbocycles. The average molecular weight is 345 g/mol. The van der Waals surface area contributed by atoms with Gasteiger partial charge < -0.3 is 14.7 Å². The van der Waals surface area contributed by atoms with Crippen molar-refractivity contribution in [1.82, 2.24) is 14.7 Å². The van der Waals surface area contributed by atoms with Crippen LogP contribution in [0.4, 0.5) is 0 Å². The molecule has 0 aliphatic heterocycles. The van der Waals surface area contributed by atoms with Crippen LogP contribution in [-0.4, -0.2) is 52.4 Å². The van der Waals surface area contributed by atoms with E-state index < -0.39 is 5.97 Å². The third-order valence-electron chi connectivity index (χ3n) is 3.56. The Morgan fingerprint density at radius 1 is 1.20 bits per heavy atom. The molecule has 0 saturated carbocycles. The lowest BCUT2D eigenvalue weighted by Crippen LogP contribution is -2.31. The van der Waals surface area contributed by atoms with Crippen molar-refractivity contribution in [3.8, 4) is 0 Å². The first-order chi connectivity index (χ1) is 11.9. The Morgan fingerprint density at radius 2 is 1.88 bits per heavy atom. The van der Waals surface area contributed by atoms with Crippen LogP contribution in [0.3, 0.4) is 0 Å². The fourth-order valence-corrected chi connectivity index (χ4v) is 2.19. The molecule has 1 N–H and O–H groups in total. The van der Waals surface area contributed by atoms with Crippen LogP contribution in [0, 0.1) is 0 Å². The molecule has 8 nitrogen and oxygen atoms in total. The second-order valence-electron chi connectivity index (χ2n) is 5.44. The van der Waals surface area contributed by atoms with Crippen LogP contribution in [0.1, 0.15) is 26.4 Å². The number of amides is 1. The van der Waals surface area contributed by atoms with Gasteiger partial charge in [0.2, 0.25) is 0 Å². The summed E-state index contributed by atoms with van der Waals surface area (Å²) in [5.74, 6) is -1.34. The molecule has 132 valence electrons. The van der Waals surface area contributed by atoms with Gasteiger partial charge in [-0.2, -0.15) is 5.10 Å². The minimum Gasteiger partial charge on any atom is -0.478 e. The lowest BCUT2D eigenvalue weighted by atomic mass is 10.1. The van der Waals surface area contributed by atoms with E-state index in [2.05, 4.69) is 5.10 Å². The lowest BCUT2D eigenvalue weighted by molar-refractivity contribution is 0.0695. The highest BCUT2D eigenvalue weighted by Gasteiger charge is 2.15. The maximum Gasteiger partial charge on any atom is 0.335 e. The summed E-state index contributed by atoms with van der Waals surface area (Å²) in [5, 5.41) is 13.0. The monoisotopic (exact) mass is 345 g/mol. The van der Waals surface area contributed by atoms with E-state index in [4.69, 9.17) is 9.84 Å². The predicted octanol–water partition coefficient (Wildman–Crippen LogP) is 0.860. The molecule has 0 saturated heterocycles. The number of rotatable bonds is 7. The zero-order valence-corrected chi connectivity index (χ0v) is 14.0. The van der Waals surface area contributed by atoms with Crippen molar-refractivity contribution in [2.75, 3.05) is 20.8 Å². The van der Waals surface area contributed by atoms with Crippen molar-refractivity contribution in [2.24, 2.45) is 0 Å². The van der Waals surface area contributed by atoms with Gasteiger partial charge in [-0.05, 0) is 23.8 Å². The third kappa shape index (κ3) is 4.74. The van der Waals surface area contributed by atoms with Gasteiger partial charge in [0.05, 0.1) is 18.7 Å². The van der Waals surface area contributed by atoms with Crippen molar-refractivity contribution in [3.63, 3.8) is 0 Å². The number of ether oxygens (including phenoxy) is 1. The van der Waals surface area contributed by atoms with Gasteiger partial charge in [0.1, 0.15) is 5.69 Å². The first-order valence-electron chi connectivity index (χ1n) is 7.57. The average Bonchev–Trinajstić information content (AvgIpc) is 2.60. The summed E-state index contributed by atoms with van der Waals surface area (Å²) in [6.45, 7) is 0.866. The summed E-state index contributed by atoms with van der Waals surface area (Å²) in [6, 6.07) is 8.96. The fraction of sp³-hybridized carbons (Fsp3) is 0.294. The summed E-state index contributed by atoms with van der Waals surface area (Å²) in [4.78, 5) is 36.5. The number of carbonyl (C=O) groups is 2. The summed E-state index contributed by atoms with van der Waals surface area (Å²) >= 11 is 0. The first-order valence-corrected chi connectivity index (χ1v) is 7.57. The van der Waals surface area contributed by atoms with Crippen LogP contribution >= 0.6 is 0 Å². The minimum atomic E-state index is -1.00. The van der Waals surface area contributed by atoms with Gasteiger partial charge in [0, 0.05) is 26.8 Å². The van der Waals surface area contributed by atoms with E-state index in [9.17, 15) is 14.4 Å². The van der Waals surface area contributed by atoms with Crippen molar-refractivity contribution in [3.05, 3.63) is 63.6 Å². The standard InChI is InChI=1S/C17H19N3O5/c1-19(11-12-3-5-13(6-4-12)17(23)24)16(22)14-7-8-15(21)20(18-14)9-10-25-2/h3-8H,9-11H2,1-2H3,(H,23,24). The van der Waals surface area contributed by atoms with Crippen molar-refractivity contribution < 1.29 is 19.4 Å². The summed E-state index contributed by atoms with van der Waals surface area (Å²) in [5.41, 5.74) is 0.819. The van der Waals surface area contributed by atoms with Gasteiger partial charge in [0.25, 0.3) is 11.5 Å². The van der Waals surface area contributed by atoms with Gasteiger partial charge in [0.15, 0.2) is 0 Å². The molecule has 1 aromatic heterocycles. The smallest absolute Gasteiger partial charge is 0.335 e. The number of methoxy groups -OCH3 is 1. The maximum atomic E-state index is 12.5. The molecule has 0 fully saturated rings. The van der Waals surface area contributed by atoms with Crippen LogP contribution in [0.25, 0.3) is 0 Å². The molecule has 0 radical (unpaired) electrons. The van der Waals surface area contributed by atoms with Gasteiger partial charge in [-0.25, -0.2) is 9.48 Å². The summed E-state index contributed by atoms with van der Waals surface area (Å²) < 4.78 is 6.10. The number of carbonyl (C=O) groups excluding carboxylic acids is 1. The van der Waals surface area contributed by atoms with Gasteiger partial charge in [-0.15, -0.1) is 0 Å². The molecular weight excluding hydrogens is 326 g/mol. The van der Waals surface area contributed by atoms with Gasteiger partial charge in [-0.1, -0.05) is 12.1 Å². The number of nitrogens with zero attached hydrogens (tertiary/aromatic N) is 3. The molecule has 1 amide bonds. The molecule has 2 rings (SSSR count). The molecule has 1 aromatic carbocycles. The van der Waals surface area contributed by atoms with Crippen LogP contribution in [0.5, 0.6) is 0 Å². The molecule has 1 heterocycles. The van der Waals surface area contributed by atoms with Gasteiger partial charge >= 0.3 is 5.97 Å². The van der Waals surface area contributed by atoms with Crippen molar-refractivity contribution >= 4 is 11.9 Å². The Hall–Kier alpha value is -3.00. The maximum absolute atomic E-state index is 12.5. The second-order valence-corrected chi connectivity index (χ2v) is 5.44. The zero-order valence-electron chi connectivity index (χ0n) is 14.0. The summed E-state index contributed by atoms with van der Waals surface area (Å²) in [7, 11) is 3.13. The number of hydrogen-bond donors (Lipinski definition) is 1. The first kappa shape index (κ1) is 18.3. The zero-order chi connectivity index (χ0) is 18.4. The third-order valence-corrected chi connectivity index (χ3v) is 3.56. The highest BCUT2D eigenvalue weighted by atomic mass is 16.5. The van der Waals surface area contributed by atoms with Crippen LogP contribution in [0.2, 0.25) is 0 Å². The second kappa shape index (κ2) is 8.20. The highest BCUT2D eigenvalue weighted by Crippen LogP contribution is 2.09. The molecule has 0 atom stereocenters. The molecule has 0 aliphatic rings. The van der Waals surface area contributed by atoms with E-state index >= 15 is 0 Å². The van der Waals surface area contributed by atoms with Crippen molar-refractivity contribution in [1.29, 1.82) is 0 Å². The molecule has 2 aromatic rings. The number of aromatic carboxylic acids is 1. The number of carboxylic acid groups (broad SMARTS) is 1. The number of carboxylic acids is 1. The van der Waals surface area contributed by atoms with E-state index in [1.165, 1.54) is 41.0 Å². The summed E-state index contributed by atoms with van der Waals surface area (Å²) in [6.07, 6.45) is 0. The van der Waals surface area contributed by atoms with Crippen LogP contribution in [-0.2, 0) is 17.8 Å². The minimum absolute atomic E-state index is 0.153. The Morgan fingerprint density at radius 3 is 2.48 bits per heavy atom. The number of hydrogen-bond acceptors (Lipinski definition) is 5. The Kier molecular flexibility index (Phi) is 6.02. The number of aromatic nitrogens is 2. The quantitative estimate of drug-likeness (QED) is 0.798. The Labute approximate surface area is 144 Å². The SMILES string of the molecule is COCCn1nc(C(=O)N(C)Cc2ccc(C(=O)O)cc2)ccc1=O.